The minimum absolute atomic E-state index is 0.156. The third-order valence-corrected chi connectivity index (χ3v) is 3.35. The summed E-state index contributed by atoms with van der Waals surface area (Å²) in [4.78, 5) is 11.6. The highest BCUT2D eigenvalue weighted by Gasteiger charge is 2.01. The van der Waals surface area contributed by atoms with Gasteiger partial charge in [-0.1, -0.05) is 28.1 Å². The van der Waals surface area contributed by atoms with Crippen LogP contribution in [0.3, 0.4) is 0 Å². The van der Waals surface area contributed by atoms with Gasteiger partial charge in [-0.3, -0.25) is 4.68 Å². The largest absolute Gasteiger partial charge is 0.338 e. The Bertz CT molecular complexity index is 565. The summed E-state index contributed by atoms with van der Waals surface area (Å²) in [5.74, 6) is 0. The SMILES string of the molecule is Cn1cc(CCNC(=O)NCc2ccc(Br)cc2)cn1. The van der Waals surface area contributed by atoms with Crippen LogP contribution in [0, 0.1) is 0 Å². The fourth-order valence-electron chi connectivity index (χ4n) is 1.77. The maximum atomic E-state index is 11.6. The van der Waals surface area contributed by atoms with E-state index in [1.165, 1.54) is 0 Å². The average Bonchev–Trinajstić information content (AvgIpc) is 2.84. The maximum absolute atomic E-state index is 11.6. The number of nitrogens with zero attached hydrogens (tertiary/aromatic N) is 2. The Morgan fingerprint density at radius 1 is 1.25 bits per heavy atom. The smallest absolute Gasteiger partial charge is 0.315 e. The van der Waals surface area contributed by atoms with Crippen LogP contribution in [0.4, 0.5) is 4.79 Å². The molecule has 20 heavy (non-hydrogen) atoms. The van der Waals surface area contributed by atoms with Crippen molar-refractivity contribution < 1.29 is 4.79 Å². The van der Waals surface area contributed by atoms with Crippen LogP contribution >= 0.6 is 15.9 Å². The second kappa shape index (κ2) is 7.09. The summed E-state index contributed by atoms with van der Waals surface area (Å²) >= 11 is 3.38. The molecule has 0 bridgehead atoms. The minimum atomic E-state index is -0.156. The van der Waals surface area contributed by atoms with E-state index in [0.29, 0.717) is 13.1 Å². The fraction of sp³-hybridized carbons (Fsp3) is 0.286. The maximum Gasteiger partial charge on any atom is 0.315 e. The van der Waals surface area contributed by atoms with Crippen LogP contribution in [0.1, 0.15) is 11.1 Å². The zero-order chi connectivity index (χ0) is 14.4. The van der Waals surface area contributed by atoms with Crippen LogP contribution in [-0.4, -0.2) is 22.4 Å². The van der Waals surface area contributed by atoms with Gasteiger partial charge in [0.25, 0.3) is 0 Å². The number of amides is 2. The summed E-state index contributed by atoms with van der Waals surface area (Å²) in [5.41, 5.74) is 2.18. The molecule has 0 fully saturated rings. The van der Waals surface area contributed by atoms with Crippen molar-refractivity contribution in [1.82, 2.24) is 20.4 Å². The molecule has 2 amide bonds. The van der Waals surface area contributed by atoms with E-state index in [9.17, 15) is 4.79 Å². The Balaban J connectivity index is 1.66. The molecule has 0 atom stereocenters. The van der Waals surface area contributed by atoms with E-state index in [0.717, 1.165) is 22.0 Å². The lowest BCUT2D eigenvalue weighted by atomic mass is 10.2. The van der Waals surface area contributed by atoms with Crippen molar-refractivity contribution in [3.63, 3.8) is 0 Å². The van der Waals surface area contributed by atoms with Crippen LogP contribution in [-0.2, 0) is 20.0 Å². The van der Waals surface area contributed by atoms with Gasteiger partial charge in [-0.25, -0.2) is 4.79 Å². The van der Waals surface area contributed by atoms with Gasteiger partial charge >= 0.3 is 6.03 Å². The number of hydrogen-bond donors (Lipinski definition) is 2. The Morgan fingerprint density at radius 3 is 2.65 bits per heavy atom. The van der Waals surface area contributed by atoms with Crippen molar-refractivity contribution in [3.05, 3.63) is 52.3 Å². The molecule has 106 valence electrons. The number of halogens is 1. The number of hydrogen-bond acceptors (Lipinski definition) is 2. The molecular weight excluding hydrogens is 320 g/mol. The van der Waals surface area contributed by atoms with E-state index < -0.39 is 0 Å². The van der Waals surface area contributed by atoms with Crippen molar-refractivity contribution in [2.75, 3.05) is 6.54 Å². The molecule has 0 aliphatic rings. The summed E-state index contributed by atoms with van der Waals surface area (Å²) in [6.45, 7) is 1.11. The first-order valence-electron chi connectivity index (χ1n) is 6.37. The molecule has 1 aromatic heterocycles. The van der Waals surface area contributed by atoms with Gasteiger partial charge < -0.3 is 10.6 Å². The molecular formula is C14H17BrN4O. The molecule has 1 heterocycles. The van der Waals surface area contributed by atoms with E-state index in [4.69, 9.17) is 0 Å². The Hall–Kier alpha value is -1.82. The highest BCUT2D eigenvalue weighted by Crippen LogP contribution is 2.10. The molecule has 5 nitrogen and oxygen atoms in total. The summed E-state index contributed by atoms with van der Waals surface area (Å²) in [6.07, 6.45) is 4.53. The summed E-state index contributed by atoms with van der Waals surface area (Å²) < 4.78 is 2.78. The van der Waals surface area contributed by atoms with E-state index in [2.05, 4.69) is 31.7 Å². The van der Waals surface area contributed by atoms with Crippen molar-refractivity contribution >= 4 is 22.0 Å². The first kappa shape index (κ1) is 14.6. The second-order valence-corrected chi connectivity index (χ2v) is 5.42. The van der Waals surface area contributed by atoms with E-state index in [-0.39, 0.29) is 6.03 Å². The van der Waals surface area contributed by atoms with Gasteiger partial charge in [-0.15, -0.1) is 0 Å². The standard InChI is InChI=1S/C14H17BrN4O/c1-19-10-12(9-18-19)6-7-16-14(20)17-8-11-2-4-13(15)5-3-11/h2-5,9-10H,6-8H2,1H3,(H2,16,17,20). The molecule has 1 aromatic carbocycles. The zero-order valence-electron chi connectivity index (χ0n) is 11.3. The molecule has 0 aliphatic carbocycles. The van der Waals surface area contributed by atoms with Gasteiger partial charge in [0.05, 0.1) is 6.20 Å². The van der Waals surface area contributed by atoms with Crippen LogP contribution < -0.4 is 10.6 Å². The number of carbonyl (C=O) groups excluding carboxylic acids is 1. The number of carbonyl (C=O) groups is 1. The molecule has 0 saturated heterocycles. The highest BCUT2D eigenvalue weighted by atomic mass is 79.9. The lowest BCUT2D eigenvalue weighted by molar-refractivity contribution is 0.240. The predicted molar refractivity (Wildman–Crippen MR) is 81.3 cm³/mol. The third kappa shape index (κ3) is 4.70. The van der Waals surface area contributed by atoms with Crippen molar-refractivity contribution in [1.29, 1.82) is 0 Å². The summed E-state index contributed by atoms with van der Waals surface area (Å²) in [7, 11) is 1.88. The number of nitrogens with one attached hydrogen (secondary N) is 2. The number of aryl methyl sites for hydroxylation is 1. The van der Waals surface area contributed by atoms with Crippen LogP contribution in [0.25, 0.3) is 0 Å². The van der Waals surface area contributed by atoms with Crippen LogP contribution in [0.5, 0.6) is 0 Å². The van der Waals surface area contributed by atoms with Gasteiger partial charge in [0.2, 0.25) is 0 Å². The molecule has 0 unspecified atom stereocenters. The predicted octanol–water partition coefficient (Wildman–Crippen LogP) is 2.22. The molecule has 6 heteroatoms. The van der Waals surface area contributed by atoms with Gasteiger partial charge in [-0.05, 0) is 29.7 Å². The highest BCUT2D eigenvalue weighted by molar-refractivity contribution is 9.10. The van der Waals surface area contributed by atoms with Gasteiger partial charge in [0.1, 0.15) is 0 Å². The van der Waals surface area contributed by atoms with Crippen LogP contribution in [0.15, 0.2) is 41.1 Å². The average molecular weight is 337 g/mol. The first-order chi connectivity index (χ1) is 9.63. The van der Waals surface area contributed by atoms with Gasteiger partial charge in [-0.2, -0.15) is 5.10 Å². The zero-order valence-corrected chi connectivity index (χ0v) is 12.9. The molecule has 2 rings (SSSR count). The van der Waals surface area contributed by atoms with Gasteiger partial charge in [0.15, 0.2) is 0 Å². The number of benzene rings is 1. The Morgan fingerprint density at radius 2 is 2.00 bits per heavy atom. The molecule has 2 N–H and O–H groups in total. The van der Waals surface area contributed by atoms with Crippen LogP contribution in [0.2, 0.25) is 0 Å². The molecule has 0 spiro atoms. The first-order valence-corrected chi connectivity index (χ1v) is 7.16. The van der Waals surface area contributed by atoms with Gasteiger partial charge in [0, 0.05) is 30.8 Å². The summed E-state index contributed by atoms with van der Waals surface area (Å²) in [6, 6.07) is 7.70. The van der Waals surface area contributed by atoms with E-state index in [1.807, 2.05) is 37.5 Å². The monoisotopic (exact) mass is 336 g/mol. The second-order valence-electron chi connectivity index (χ2n) is 4.51. The minimum Gasteiger partial charge on any atom is -0.338 e. The number of urea groups is 1. The van der Waals surface area contributed by atoms with E-state index >= 15 is 0 Å². The quantitative estimate of drug-likeness (QED) is 0.879. The summed E-state index contributed by atoms with van der Waals surface area (Å²) in [5, 5.41) is 9.73. The molecule has 0 aliphatic heterocycles. The molecule has 0 saturated carbocycles. The topological polar surface area (TPSA) is 59.0 Å². The molecule has 2 aromatic rings. The molecule has 0 radical (unpaired) electrons. The lowest BCUT2D eigenvalue weighted by Crippen LogP contribution is -2.36. The Kier molecular flexibility index (Phi) is 5.17. The van der Waals surface area contributed by atoms with E-state index in [1.54, 1.807) is 10.9 Å². The Labute approximate surface area is 126 Å². The van der Waals surface area contributed by atoms with Crippen molar-refractivity contribution in [3.8, 4) is 0 Å². The third-order valence-electron chi connectivity index (χ3n) is 2.82. The van der Waals surface area contributed by atoms with Crippen molar-refractivity contribution in [2.45, 2.75) is 13.0 Å². The number of rotatable bonds is 5. The normalized spacial score (nSPS) is 10.3. The number of aromatic nitrogens is 2. The fourth-order valence-corrected chi connectivity index (χ4v) is 2.03. The van der Waals surface area contributed by atoms with Crippen molar-refractivity contribution in [2.24, 2.45) is 7.05 Å². The lowest BCUT2D eigenvalue weighted by Gasteiger charge is -2.07.